The van der Waals surface area contributed by atoms with Gasteiger partial charge in [-0.25, -0.2) is 13.6 Å². The molecule has 0 amide bonds. The number of rotatable bonds is 5. The van der Waals surface area contributed by atoms with Gasteiger partial charge in [-0.05, 0) is 24.3 Å². The van der Waals surface area contributed by atoms with E-state index in [1.54, 1.807) is 12.1 Å². The quantitative estimate of drug-likeness (QED) is 0.854. The zero-order valence-electron chi connectivity index (χ0n) is 12.1. The third kappa shape index (κ3) is 3.40. The summed E-state index contributed by atoms with van der Waals surface area (Å²) in [6, 6.07) is 7.93. The maximum Gasteiger partial charge on any atom is 0.357 e. The molecule has 1 aromatic carbocycles. The van der Waals surface area contributed by atoms with Crippen LogP contribution in [0.15, 0.2) is 30.5 Å². The van der Waals surface area contributed by atoms with Crippen LogP contribution in [0.5, 0.6) is 5.75 Å². The topological polar surface area (TPSA) is 90.3 Å². The van der Waals surface area contributed by atoms with Gasteiger partial charge in [0.2, 0.25) is 0 Å². The van der Waals surface area contributed by atoms with Crippen molar-refractivity contribution in [2.45, 2.75) is 6.43 Å². The number of alkyl halides is 2. The first-order valence-corrected chi connectivity index (χ1v) is 6.48. The van der Waals surface area contributed by atoms with Crippen molar-refractivity contribution in [1.82, 2.24) is 4.57 Å². The zero-order valence-corrected chi connectivity index (χ0v) is 12.1. The molecule has 0 saturated carbocycles. The summed E-state index contributed by atoms with van der Waals surface area (Å²) in [5.41, 5.74) is 6.45. The van der Waals surface area contributed by atoms with Gasteiger partial charge in [-0.2, -0.15) is 5.26 Å². The van der Waals surface area contributed by atoms with Crippen LogP contribution in [0.1, 0.15) is 16.1 Å². The Kier molecular flexibility index (Phi) is 4.81. The van der Waals surface area contributed by atoms with E-state index >= 15 is 0 Å². The largest absolute Gasteiger partial charge is 0.488 e. The van der Waals surface area contributed by atoms with Crippen molar-refractivity contribution in [3.05, 3.63) is 41.7 Å². The van der Waals surface area contributed by atoms with Crippen molar-refractivity contribution >= 4 is 11.7 Å². The van der Waals surface area contributed by atoms with E-state index in [2.05, 4.69) is 4.74 Å². The summed E-state index contributed by atoms with van der Waals surface area (Å²) >= 11 is 0. The molecule has 2 aromatic rings. The number of halogens is 2. The fourth-order valence-electron chi connectivity index (χ4n) is 1.98. The lowest BCUT2D eigenvalue weighted by molar-refractivity contribution is 0.0593. The highest BCUT2D eigenvalue weighted by Crippen LogP contribution is 2.25. The summed E-state index contributed by atoms with van der Waals surface area (Å²) < 4.78 is 35.2. The summed E-state index contributed by atoms with van der Waals surface area (Å²) in [6.45, 7) is -0.707. The average Bonchev–Trinajstić information content (AvgIpc) is 2.89. The molecular weight excluding hydrogens is 308 g/mol. The van der Waals surface area contributed by atoms with Crippen molar-refractivity contribution < 1.29 is 23.0 Å². The summed E-state index contributed by atoms with van der Waals surface area (Å²) in [4.78, 5) is 11.9. The average molecular weight is 321 g/mol. The van der Waals surface area contributed by atoms with Crippen LogP contribution in [0.25, 0.3) is 5.69 Å². The molecule has 0 radical (unpaired) electrons. The highest BCUT2D eigenvalue weighted by Gasteiger charge is 2.21. The molecule has 1 aromatic heterocycles. The third-order valence-electron chi connectivity index (χ3n) is 3.03. The predicted molar refractivity (Wildman–Crippen MR) is 77.7 cm³/mol. The summed E-state index contributed by atoms with van der Waals surface area (Å²) in [5, 5.41) is 9.04. The molecule has 0 bridgehead atoms. The number of nitrogens with zero attached hydrogens (tertiary/aromatic N) is 2. The lowest BCUT2D eigenvalue weighted by atomic mass is 10.2. The number of carbonyl (C=O) groups excluding carboxylic acids is 1. The Bertz CT molecular complexity index is 749. The van der Waals surface area contributed by atoms with Crippen LogP contribution in [-0.4, -0.2) is 30.7 Å². The number of benzene rings is 1. The van der Waals surface area contributed by atoms with E-state index < -0.39 is 19.0 Å². The Hall–Kier alpha value is -3.08. The fraction of sp³-hybridized carbons (Fsp3) is 0.200. The van der Waals surface area contributed by atoms with Crippen LogP contribution in [0.4, 0.5) is 14.5 Å². The molecule has 0 saturated heterocycles. The Labute approximate surface area is 130 Å². The third-order valence-corrected chi connectivity index (χ3v) is 3.03. The van der Waals surface area contributed by atoms with Gasteiger partial charge < -0.3 is 19.8 Å². The van der Waals surface area contributed by atoms with E-state index in [1.807, 2.05) is 6.07 Å². The molecule has 0 aliphatic rings. The van der Waals surface area contributed by atoms with Crippen molar-refractivity contribution in [3.63, 3.8) is 0 Å². The number of esters is 1. The number of anilines is 1. The maximum atomic E-state index is 12.1. The van der Waals surface area contributed by atoms with Gasteiger partial charge in [0.25, 0.3) is 6.43 Å². The van der Waals surface area contributed by atoms with E-state index in [1.165, 1.54) is 30.0 Å². The molecule has 1 heterocycles. The monoisotopic (exact) mass is 321 g/mol. The first-order chi connectivity index (χ1) is 11.0. The van der Waals surface area contributed by atoms with Gasteiger partial charge in [-0.3, -0.25) is 0 Å². The van der Waals surface area contributed by atoms with Gasteiger partial charge in [0, 0.05) is 11.9 Å². The second-order valence-electron chi connectivity index (χ2n) is 4.47. The first-order valence-electron chi connectivity index (χ1n) is 6.48. The van der Waals surface area contributed by atoms with Crippen molar-refractivity contribution in [3.8, 4) is 17.5 Å². The highest BCUT2D eigenvalue weighted by molar-refractivity contribution is 5.95. The molecule has 8 heteroatoms. The number of hydrogen-bond donors (Lipinski definition) is 1. The van der Waals surface area contributed by atoms with Crippen LogP contribution in [-0.2, 0) is 4.74 Å². The molecule has 2 N–H and O–H groups in total. The molecule has 0 spiro atoms. The lowest BCUT2D eigenvalue weighted by Crippen LogP contribution is -2.11. The molecule has 0 unspecified atom stereocenters. The van der Waals surface area contributed by atoms with Gasteiger partial charge in [-0.1, -0.05) is 0 Å². The van der Waals surface area contributed by atoms with E-state index in [-0.39, 0.29) is 22.7 Å². The Morgan fingerprint density at radius 3 is 2.57 bits per heavy atom. The number of nitrogens with two attached hydrogens (primary N) is 1. The molecule has 6 nitrogen and oxygen atoms in total. The molecule has 2 rings (SSSR count). The van der Waals surface area contributed by atoms with Crippen LogP contribution in [0.3, 0.4) is 0 Å². The molecule has 0 fully saturated rings. The van der Waals surface area contributed by atoms with E-state index in [4.69, 9.17) is 15.7 Å². The van der Waals surface area contributed by atoms with Gasteiger partial charge >= 0.3 is 5.97 Å². The Balaban J connectivity index is 2.38. The smallest absolute Gasteiger partial charge is 0.357 e. The van der Waals surface area contributed by atoms with Crippen LogP contribution >= 0.6 is 0 Å². The molecular formula is C15H13F2N3O3. The minimum atomic E-state index is -2.57. The number of aromatic nitrogens is 1. The van der Waals surface area contributed by atoms with Crippen LogP contribution in [0.2, 0.25) is 0 Å². The molecule has 23 heavy (non-hydrogen) atoms. The minimum absolute atomic E-state index is 0.0115. The SMILES string of the molecule is COC(=O)c1c(N)c(C#N)cn1-c1ccc(OCC(F)F)cc1. The summed E-state index contributed by atoms with van der Waals surface area (Å²) in [7, 11) is 1.20. The van der Waals surface area contributed by atoms with E-state index in [9.17, 15) is 13.6 Å². The molecule has 0 atom stereocenters. The lowest BCUT2D eigenvalue weighted by Gasteiger charge is -2.10. The van der Waals surface area contributed by atoms with E-state index in [0.717, 1.165) is 0 Å². The fourth-order valence-corrected chi connectivity index (χ4v) is 1.98. The van der Waals surface area contributed by atoms with E-state index in [0.29, 0.717) is 5.69 Å². The number of carbonyl (C=O) groups is 1. The standard InChI is InChI=1S/C15H13F2N3O3/c1-22-15(21)14-13(19)9(6-18)7-20(14)10-2-4-11(5-3-10)23-8-12(16)17/h2-5,7,12H,8,19H2,1H3. The number of hydrogen-bond acceptors (Lipinski definition) is 5. The number of nitrogen functional groups attached to an aromatic ring is 1. The van der Waals surface area contributed by atoms with Gasteiger partial charge in [-0.15, -0.1) is 0 Å². The second-order valence-corrected chi connectivity index (χ2v) is 4.47. The number of nitriles is 1. The normalized spacial score (nSPS) is 10.4. The minimum Gasteiger partial charge on any atom is -0.488 e. The molecule has 0 aliphatic heterocycles. The van der Waals surface area contributed by atoms with Crippen molar-refractivity contribution in [1.29, 1.82) is 5.26 Å². The number of methoxy groups -OCH3 is 1. The van der Waals surface area contributed by atoms with Gasteiger partial charge in [0.1, 0.15) is 18.4 Å². The predicted octanol–water partition coefficient (Wildman–Crippen LogP) is 2.36. The van der Waals surface area contributed by atoms with Crippen LogP contribution in [0, 0.1) is 11.3 Å². The molecule has 120 valence electrons. The molecule has 0 aliphatic carbocycles. The van der Waals surface area contributed by atoms with Crippen molar-refractivity contribution in [2.75, 3.05) is 19.5 Å². The maximum absolute atomic E-state index is 12.1. The van der Waals surface area contributed by atoms with Gasteiger partial charge in [0.15, 0.2) is 5.69 Å². The van der Waals surface area contributed by atoms with Crippen LogP contribution < -0.4 is 10.5 Å². The summed E-state index contributed by atoms with van der Waals surface area (Å²) in [5.74, 6) is -0.434. The zero-order chi connectivity index (χ0) is 17.0. The second kappa shape index (κ2) is 6.79. The first kappa shape index (κ1) is 16.3. The highest BCUT2D eigenvalue weighted by atomic mass is 19.3. The van der Waals surface area contributed by atoms with Crippen molar-refractivity contribution in [2.24, 2.45) is 0 Å². The van der Waals surface area contributed by atoms with Gasteiger partial charge in [0.05, 0.1) is 18.4 Å². The summed E-state index contributed by atoms with van der Waals surface area (Å²) in [6.07, 6.45) is -1.17. The Morgan fingerprint density at radius 2 is 2.04 bits per heavy atom. The Morgan fingerprint density at radius 1 is 1.39 bits per heavy atom. The number of ether oxygens (including phenoxy) is 2.